The minimum absolute atomic E-state index is 0.0110. The number of carboxylic acids is 1. The summed E-state index contributed by atoms with van der Waals surface area (Å²) in [6.07, 6.45) is 4.50. The summed E-state index contributed by atoms with van der Waals surface area (Å²) < 4.78 is 4.56. The normalized spacial score (nSPS) is 22.1. The number of hydrogen-bond acceptors (Lipinski definition) is 6. The highest BCUT2D eigenvalue weighted by Crippen LogP contribution is 2.26. The van der Waals surface area contributed by atoms with Crippen LogP contribution in [-0.4, -0.2) is 40.2 Å². The van der Waals surface area contributed by atoms with E-state index in [0.717, 1.165) is 12.8 Å². The van der Waals surface area contributed by atoms with Gasteiger partial charge in [-0.25, -0.2) is 14.8 Å². The molecule has 1 aliphatic rings. The lowest BCUT2D eigenvalue weighted by molar-refractivity contribution is -0.142. The molecule has 0 aromatic carbocycles. The van der Waals surface area contributed by atoms with E-state index in [-0.39, 0.29) is 17.8 Å². The number of nitrogens with one attached hydrogen (secondary N) is 1. The molecule has 1 aliphatic carbocycles. The van der Waals surface area contributed by atoms with Crippen LogP contribution in [-0.2, 0) is 9.53 Å². The monoisotopic (exact) mass is 279 g/mol. The maximum absolute atomic E-state index is 11.3. The molecule has 1 saturated carbocycles. The number of nitrogens with zero attached hydrogens (tertiary/aromatic N) is 2. The Kier molecular flexibility index (Phi) is 4.49. The highest BCUT2D eigenvalue weighted by molar-refractivity contribution is 5.85. The topological polar surface area (TPSA) is 101 Å². The van der Waals surface area contributed by atoms with Crippen molar-refractivity contribution in [3.8, 4) is 0 Å². The van der Waals surface area contributed by atoms with Crippen LogP contribution in [0, 0.1) is 5.92 Å². The van der Waals surface area contributed by atoms with Crippen molar-refractivity contribution in [2.75, 3.05) is 12.4 Å². The zero-order chi connectivity index (χ0) is 14.5. The molecule has 0 aliphatic heterocycles. The summed E-state index contributed by atoms with van der Waals surface area (Å²) in [6.45, 7) is 0. The van der Waals surface area contributed by atoms with Crippen molar-refractivity contribution in [2.45, 2.75) is 31.7 Å². The second-order valence-electron chi connectivity index (χ2n) is 4.80. The predicted molar refractivity (Wildman–Crippen MR) is 70.4 cm³/mol. The lowest BCUT2D eigenvalue weighted by Gasteiger charge is -2.27. The van der Waals surface area contributed by atoms with Crippen LogP contribution in [0.1, 0.15) is 36.3 Å². The number of rotatable bonds is 4. The molecule has 0 amide bonds. The fraction of sp³-hybridized carbons (Fsp3) is 0.538. The zero-order valence-electron chi connectivity index (χ0n) is 11.2. The number of esters is 1. The molecule has 1 aromatic rings. The Morgan fingerprint density at radius 2 is 2.25 bits per heavy atom. The van der Waals surface area contributed by atoms with Crippen LogP contribution in [0.3, 0.4) is 0 Å². The summed E-state index contributed by atoms with van der Waals surface area (Å²) in [5.74, 6) is -1.17. The summed E-state index contributed by atoms with van der Waals surface area (Å²) in [4.78, 5) is 30.3. The van der Waals surface area contributed by atoms with E-state index in [9.17, 15) is 9.59 Å². The van der Waals surface area contributed by atoms with Gasteiger partial charge in [-0.05, 0) is 25.3 Å². The first-order valence-electron chi connectivity index (χ1n) is 6.51. The maximum Gasteiger partial charge on any atom is 0.376 e. The predicted octanol–water partition coefficient (Wildman–Crippen LogP) is 1.32. The molecule has 0 saturated heterocycles. The van der Waals surface area contributed by atoms with E-state index in [0.29, 0.717) is 18.7 Å². The van der Waals surface area contributed by atoms with Gasteiger partial charge in [-0.3, -0.25) is 4.79 Å². The van der Waals surface area contributed by atoms with Gasteiger partial charge in [0, 0.05) is 12.2 Å². The Morgan fingerprint density at radius 3 is 2.95 bits per heavy atom. The van der Waals surface area contributed by atoms with E-state index in [1.54, 1.807) is 6.07 Å². The van der Waals surface area contributed by atoms with Crippen LogP contribution in [0.2, 0.25) is 0 Å². The first-order chi connectivity index (χ1) is 9.60. The number of ether oxygens (including phenoxy) is 1. The number of methoxy groups -OCH3 is 1. The van der Waals surface area contributed by atoms with E-state index >= 15 is 0 Å². The van der Waals surface area contributed by atoms with Crippen molar-refractivity contribution >= 4 is 17.8 Å². The van der Waals surface area contributed by atoms with E-state index < -0.39 is 11.9 Å². The van der Waals surface area contributed by atoms with Crippen LogP contribution in [0.25, 0.3) is 0 Å². The van der Waals surface area contributed by atoms with Crippen molar-refractivity contribution < 1.29 is 19.4 Å². The summed E-state index contributed by atoms with van der Waals surface area (Å²) in [5, 5.41) is 12.2. The van der Waals surface area contributed by atoms with E-state index in [4.69, 9.17) is 5.11 Å². The molecule has 7 nitrogen and oxygen atoms in total. The summed E-state index contributed by atoms with van der Waals surface area (Å²) in [6, 6.07) is 1.70. The number of carbonyl (C=O) groups excluding carboxylic acids is 1. The number of carbonyl (C=O) groups is 2. The third kappa shape index (κ3) is 3.43. The minimum Gasteiger partial charge on any atom is -0.481 e. The van der Waals surface area contributed by atoms with E-state index in [2.05, 4.69) is 20.0 Å². The first-order valence-corrected chi connectivity index (χ1v) is 6.51. The van der Waals surface area contributed by atoms with Crippen molar-refractivity contribution in [3.63, 3.8) is 0 Å². The van der Waals surface area contributed by atoms with Crippen LogP contribution in [0.5, 0.6) is 0 Å². The molecule has 0 bridgehead atoms. The van der Waals surface area contributed by atoms with Gasteiger partial charge in [-0.15, -0.1) is 0 Å². The van der Waals surface area contributed by atoms with Crippen molar-refractivity contribution in [1.29, 1.82) is 0 Å². The standard InChI is InChI=1S/C13H17N3O4/c1-20-13(19)11-14-6-5-10(16-11)15-9-4-2-3-8(7-9)12(17)18/h5-6,8-9H,2-4,7H2,1H3,(H,17,18)(H,14,15,16). The number of anilines is 1. The van der Waals surface area contributed by atoms with Gasteiger partial charge in [0.15, 0.2) is 0 Å². The van der Waals surface area contributed by atoms with Gasteiger partial charge in [0.2, 0.25) is 5.82 Å². The average Bonchev–Trinajstić information content (AvgIpc) is 2.47. The fourth-order valence-electron chi connectivity index (χ4n) is 2.38. The molecule has 0 spiro atoms. The highest BCUT2D eigenvalue weighted by Gasteiger charge is 2.27. The van der Waals surface area contributed by atoms with Crippen molar-refractivity contribution in [1.82, 2.24) is 9.97 Å². The summed E-state index contributed by atoms with van der Waals surface area (Å²) in [7, 11) is 1.27. The van der Waals surface area contributed by atoms with E-state index in [1.807, 2.05) is 0 Å². The molecule has 1 heterocycles. The van der Waals surface area contributed by atoms with Gasteiger partial charge in [0.1, 0.15) is 5.82 Å². The molecule has 2 atom stereocenters. The molecule has 1 aromatic heterocycles. The average molecular weight is 279 g/mol. The third-order valence-corrected chi connectivity index (χ3v) is 3.40. The summed E-state index contributed by atoms with van der Waals surface area (Å²) >= 11 is 0. The smallest absolute Gasteiger partial charge is 0.376 e. The SMILES string of the molecule is COC(=O)c1nccc(NC2CCCC(C(=O)O)C2)n1. The first kappa shape index (κ1) is 14.2. The van der Waals surface area contributed by atoms with Gasteiger partial charge in [0.25, 0.3) is 0 Å². The summed E-state index contributed by atoms with van der Waals surface area (Å²) in [5.41, 5.74) is 0. The van der Waals surface area contributed by atoms with Gasteiger partial charge in [0.05, 0.1) is 13.0 Å². The molecule has 20 heavy (non-hydrogen) atoms. The van der Waals surface area contributed by atoms with Crippen LogP contribution >= 0.6 is 0 Å². The Hall–Kier alpha value is -2.18. The molecule has 2 unspecified atom stereocenters. The lowest BCUT2D eigenvalue weighted by atomic mass is 9.86. The molecule has 0 radical (unpaired) electrons. The Bertz CT molecular complexity index is 506. The van der Waals surface area contributed by atoms with Crippen LogP contribution < -0.4 is 5.32 Å². The minimum atomic E-state index is -0.755. The molecule has 108 valence electrons. The van der Waals surface area contributed by atoms with Gasteiger partial charge >= 0.3 is 11.9 Å². The number of hydrogen-bond donors (Lipinski definition) is 2. The largest absolute Gasteiger partial charge is 0.481 e. The van der Waals surface area contributed by atoms with Crippen LogP contribution in [0.15, 0.2) is 12.3 Å². The third-order valence-electron chi connectivity index (χ3n) is 3.40. The second kappa shape index (κ2) is 6.31. The van der Waals surface area contributed by atoms with E-state index in [1.165, 1.54) is 13.3 Å². The molecule has 2 rings (SSSR count). The Balaban J connectivity index is 2.02. The quantitative estimate of drug-likeness (QED) is 0.801. The van der Waals surface area contributed by atoms with Gasteiger partial charge < -0.3 is 15.2 Å². The Morgan fingerprint density at radius 1 is 1.45 bits per heavy atom. The molecule has 2 N–H and O–H groups in total. The maximum atomic E-state index is 11.3. The molecule has 7 heteroatoms. The number of carboxylic acid groups (broad SMARTS) is 1. The van der Waals surface area contributed by atoms with Gasteiger partial charge in [-0.1, -0.05) is 6.42 Å². The van der Waals surface area contributed by atoms with Crippen LogP contribution in [0.4, 0.5) is 5.82 Å². The zero-order valence-corrected chi connectivity index (χ0v) is 11.2. The molecular formula is C13H17N3O4. The highest BCUT2D eigenvalue weighted by atomic mass is 16.5. The van der Waals surface area contributed by atoms with Crippen molar-refractivity contribution in [2.24, 2.45) is 5.92 Å². The van der Waals surface area contributed by atoms with Gasteiger partial charge in [-0.2, -0.15) is 0 Å². The fourth-order valence-corrected chi connectivity index (χ4v) is 2.38. The molecule has 1 fully saturated rings. The Labute approximate surface area is 116 Å². The second-order valence-corrected chi connectivity index (χ2v) is 4.80. The molecular weight excluding hydrogens is 262 g/mol. The lowest BCUT2D eigenvalue weighted by Crippen LogP contribution is -2.31. The number of aromatic nitrogens is 2. The van der Waals surface area contributed by atoms with Crippen molar-refractivity contribution in [3.05, 3.63) is 18.1 Å². The number of aliphatic carboxylic acids is 1.